The summed E-state index contributed by atoms with van der Waals surface area (Å²) in [5.74, 6) is 0.688. The van der Waals surface area contributed by atoms with Crippen LogP contribution in [0, 0.1) is 0 Å². The van der Waals surface area contributed by atoms with E-state index in [4.69, 9.17) is 4.74 Å². The molecule has 0 saturated heterocycles. The summed E-state index contributed by atoms with van der Waals surface area (Å²) in [6, 6.07) is 11.8. The Hall–Kier alpha value is -1.87. The molecule has 0 saturated carbocycles. The number of benzene rings is 1. The minimum absolute atomic E-state index is 0.547. The van der Waals surface area contributed by atoms with Gasteiger partial charge in [0.15, 0.2) is 0 Å². The lowest BCUT2D eigenvalue weighted by molar-refractivity contribution is 0.0569. The molecule has 0 fully saturated rings. The van der Waals surface area contributed by atoms with Crippen molar-refractivity contribution in [3.8, 4) is 5.75 Å². The predicted octanol–water partition coefficient (Wildman–Crippen LogP) is 2.93. The van der Waals surface area contributed by atoms with Gasteiger partial charge in [0.2, 0.25) is 0 Å². The summed E-state index contributed by atoms with van der Waals surface area (Å²) in [4.78, 5) is 4.13. The van der Waals surface area contributed by atoms with Crippen LogP contribution in [0.25, 0.3) is 0 Å². The summed E-state index contributed by atoms with van der Waals surface area (Å²) < 4.78 is 5.42. The van der Waals surface area contributed by atoms with E-state index in [0.717, 1.165) is 11.1 Å². The maximum Gasteiger partial charge on any atom is 0.137 e. The highest BCUT2D eigenvalue weighted by Crippen LogP contribution is 2.27. The second kappa shape index (κ2) is 5.85. The molecule has 0 radical (unpaired) electrons. The van der Waals surface area contributed by atoms with E-state index in [1.54, 1.807) is 19.3 Å². The molecule has 0 bridgehead atoms. The smallest absolute Gasteiger partial charge is 0.137 e. The van der Waals surface area contributed by atoms with E-state index in [1.165, 1.54) is 0 Å². The molecule has 0 spiro atoms. The van der Waals surface area contributed by atoms with Crippen molar-refractivity contribution < 1.29 is 9.84 Å². The molecular formula is C16H19NO2. The quantitative estimate of drug-likeness (QED) is 0.895. The normalized spacial score (nSPS) is 13.8. The third-order valence-electron chi connectivity index (χ3n) is 3.04. The monoisotopic (exact) mass is 257 g/mol. The summed E-state index contributed by atoms with van der Waals surface area (Å²) in [5, 5.41) is 10.6. The highest BCUT2D eigenvalue weighted by Gasteiger charge is 2.24. The number of aromatic nitrogens is 1. The second-order valence-electron chi connectivity index (χ2n) is 4.78. The molecule has 19 heavy (non-hydrogen) atoms. The van der Waals surface area contributed by atoms with E-state index in [0.29, 0.717) is 18.8 Å². The Kier molecular flexibility index (Phi) is 4.17. The minimum Gasteiger partial charge on any atom is -0.492 e. The van der Waals surface area contributed by atoms with Crippen molar-refractivity contribution in [3.05, 3.63) is 59.9 Å². The zero-order valence-corrected chi connectivity index (χ0v) is 11.3. The van der Waals surface area contributed by atoms with E-state index in [-0.39, 0.29) is 0 Å². The van der Waals surface area contributed by atoms with Crippen molar-refractivity contribution in [1.82, 2.24) is 4.98 Å². The molecule has 0 aliphatic carbocycles. The second-order valence-corrected chi connectivity index (χ2v) is 4.78. The number of hydrogen-bond acceptors (Lipinski definition) is 3. The first-order chi connectivity index (χ1) is 9.12. The van der Waals surface area contributed by atoms with Gasteiger partial charge in [0.25, 0.3) is 0 Å². The maximum absolute atomic E-state index is 10.6. The average Bonchev–Trinajstić information content (AvgIpc) is 2.40. The molecule has 0 aliphatic heterocycles. The highest BCUT2D eigenvalue weighted by molar-refractivity contribution is 5.30. The number of rotatable bonds is 5. The van der Waals surface area contributed by atoms with Crippen molar-refractivity contribution in [3.63, 3.8) is 0 Å². The lowest BCUT2D eigenvalue weighted by Crippen LogP contribution is -2.24. The summed E-state index contributed by atoms with van der Waals surface area (Å²) >= 11 is 0. The fraction of sp³-hybridized carbons (Fsp3) is 0.312. The van der Waals surface area contributed by atoms with Gasteiger partial charge in [-0.3, -0.25) is 4.98 Å². The van der Waals surface area contributed by atoms with Crippen LogP contribution >= 0.6 is 0 Å². The molecule has 2 rings (SSSR count). The molecule has 2 aromatic rings. The molecular weight excluding hydrogens is 238 g/mol. The van der Waals surface area contributed by atoms with Crippen LogP contribution in [0.5, 0.6) is 5.75 Å². The molecule has 3 nitrogen and oxygen atoms in total. The fourth-order valence-corrected chi connectivity index (χ4v) is 2.05. The summed E-state index contributed by atoms with van der Waals surface area (Å²) in [6.07, 6.45) is 3.89. The molecule has 100 valence electrons. The lowest BCUT2D eigenvalue weighted by atomic mass is 9.90. The summed E-state index contributed by atoms with van der Waals surface area (Å²) in [6.45, 7) is 4.31. The van der Waals surface area contributed by atoms with Gasteiger partial charge in [-0.1, -0.05) is 30.3 Å². The Morgan fingerprint density at radius 3 is 2.63 bits per heavy atom. The van der Waals surface area contributed by atoms with Crippen LogP contribution in [-0.2, 0) is 12.0 Å². The fourth-order valence-electron chi connectivity index (χ4n) is 2.05. The number of hydrogen-bond donors (Lipinski definition) is 1. The van der Waals surface area contributed by atoms with E-state index in [1.807, 2.05) is 43.3 Å². The highest BCUT2D eigenvalue weighted by atomic mass is 16.5. The molecule has 0 amide bonds. The third-order valence-corrected chi connectivity index (χ3v) is 3.04. The van der Waals surface area contributed by atoms with Gasteiger partial charge < -0.3 is 9.84 Å². The average molecular weight is 257 g/mol. The van der Waals surface area contributed by atoms with Crippen molar-refractivity contribution in [2.24, 2.45) is 0 Å². The van der Waals surface area contributed by atoms with Crippen LogP contribution in [0.4, 0.5) is 0 Å². The van der Waals surface area contributed by atoms with Crippen LogP contribution in [0.3, 0.4) is 0 Å². The van der Waals surface area contributed by atoms with Crippen LogP contribution < -0.4 is 4.74 Å². The third kappa shape index (κ3) is 3.55. The Bertz CT molecular complexity index is 523. The van der Waals surface area contributed by atoms with Crippen LogP contribution in [-0.4, -0.2) is 16.7 Å². The molecule has 1 atom stereocenters. The van der Waals surface area contributed by atoms with Crippen LogP contribution in [0.2, 0.25) is 0 Å². The molecule has 3 heteroatoms. The number of pyridine rings is 1. The van der Waals surface area contributed by atoms with Crippen LogP contribution in [0.15, 0.2) is 48.8 Å². The Morgan fingerprint density at radius 1 is 1.21 bits per heavy atom. The first kappa shape index (κ1) is 13.6. The maximum atomic E-state index is 10.6. The van der Waals surface area contributed by atoms with Gasteiger partial charge in [0, 0.05) is 18.2 Å². The largest absolute Gasteiger partial charge is 0.492 e. The van der Waals surface area contributed by atoms with Gasteiger partial charge in [-0.05, 0) is 25.5 Å². The Labute approximate surface area is 113 Å². The summed E-state index contributed by atoms with van der Waals surface area (Å²) in [5.41, 5.74) is 0.901. The molecule has 1 heterocycles. The van der Waals surface area contributed by atoms with Gasteiger partial charge in [-0.2, -0.15) is 0 Å². The zero-order valence-electron chi connectivity index (χ0n) is 11.3. The minimum atomic E-state index is -0.957. The van der Waals surface area contributed by atoms with Gasteiger partial charge in [0.05, 0.1) is 18.4 Å². The topological polar surface area (TPSA) is 42.4 Å². The lowest BCUT2D eigenvalue weighted by Gasteiger charge is -2.24. The molecule has 1 aromatic heterocycles. The summed E-state index contributed by atoms with van der Waals surface area (Å²) in [7, 11) is 0. The van der Waals surface area contributed by atoms with Gasteiger partial charge in [-0.15, -0.1) is 0 Å². The standard InChI is InChI=1S/C16H19NO2/c1-3-19-15-9-14(11-17-12-15)16(2,18)10-13-7-5-4-6-8-13/h4-9,11-12,18H,3,10H2,1-2H3. The Morgan fingerprint density at radius 2 is 1.95 bits per heavy atom. The van der Waals surface area contributed by atoms with Gasteiger partial charge in [-0.25, -0.2) is 0 Å². The Balaban J connectivity index is 2.21. The number of ether oxygens (including phenoxy) is 1. The number of aliphatic hydroxyl groups is 1. The molecule has 1 unspecified atom stereocenters. The van der Waals surface area contributed by atoms with Gasteiger partial charge >= 0.3 is 0 Å². The van der Waals surface area contributed by atoms with Crippen molar-refractivity contribution in [2.45, 2.75) is 25.9 Å². The van der Waals surface area contributed by atoms with E-state index >= 15 is 0 Å². The van der Waals surface area contributed by atoms with Crippen LogP contribution in [0.1, 0.15) is 25.0 Å². The molecule has 0 aliphatic rings. The zero-order chi connectivity index (χ0) is 13.7. The van der Waals surface area contributed by atoms with E-state index in [2.05, 4.69) is 4.98 Å². The predicted molar refractivity (Wildman–Crippen MR) is 75.1 cm³/mol. The first-order valence-corrected chi connectivity index (χ1v) is 6.46. The van der Waals surface area contributed by atoms with Crippen molar-refractivity contribution in [1.29, 1.82) is 0 Å². The SMILES string of the molecule is CCOc1cncc(C(C)(O)Cc2ccccc2)c1. The van der Waals surface area contributed by atoms with E-state index < -0.39 is 5.60 Å². The first-order valence-electron chi connectivity index (χ1n) is 6.46. The van der Waals surface area contributed by atoms with Crippen molar-refractivity contribution >= 4 is 0 Å². The molecule has 1 N–H and O–H groups in total. The molecule has 1 aromatic carbocycles. The van der Waals surface area contributed by atoms with Crippen molar-refractivity contribution in [2.75, 3.05) is 6.61 Å². The van der Waals surface area contributed by atoms with E-state index in [9.17, 15) is 5.11 Å². The number of nitrogens with zero attached hydrogens (tertiary/aromatic N) is 1. The van der Waals surface area contributed by atoms with Gasteiger partial charge in [0.1, 0.15) is 5.75 Å².